The molecular weight excluding hydrogens is 524 g/mol. The Morgan fingerprint density at radius 1 is 1.06 bits per heavy atom. The van der Waals surface area contributed by atoms with E-state index in [1.807, 2.05) is 6.92 Å². The van der Waals surface area contributed by atoms with Gasteiger partial charge in [-0.25, -0.2) is 9.38 Å². The molecule has 0 bridgehead atoms. The smallest absolute Gasteiger partial charge is 0.387 e. The highest BCUT2D eigenvalue weighted by atomic mass is 127. The van der Waals surface area contributed by atoms with Gasteiger partial charge in [-0.15, -0.1) is 24.0 Å². The predicted molar refractivity (Wildman–Crippen MR) is 124 cm³/mol. The minimum atomic E-state index is -2.91. The van der Waals surface area contributed by atoms with E-state index in [0.29, 0.717) is 36.7 Å². The van der Waals surface area contributed by atoms with Crippen LogP contribution >= 0.6 is 24.0 Å². The Hall–Kier alpha value is -2.50. The van der Waals surface area contributed by atoms with Crippen LogP contribution in [0.25, 0.3) is 0 Å². The highest BCUT2D eigenvalue weighted by Crippen LogP contribution is 2.20. The zero-order valence-corrected chi connectivity index (χ0v) is 19.4. The molecule has 2 aromatic carbocycles. The highest BCUT2D eigenvalue weighted by Gasteiger charge is 2.09. The minimum absolute atomic E-state index is 0. The van der Waals surface area contributed by atoms with Crippen molar-refractivity contribution >= 4 is 35.8 Å². The van der Waals surface area contributed by atoms with Gasteiger partial charge in [0.25, 0.3) is 0 Å². The topological polar surface area (TPSA) is 74.8 Å². The molecule has 0 aliphatic heterocycles. The fourth-order valence-electron chi connectivity index (χ4n) is 2.63. The first-order chi connectivity index (χ1) is 14.5. The van der Waals surface area contributed by atoms with Crippen LogP contribution in [0.1, 0.15) is 18.1 Å². The molecule has 0 unspecified atom stereocenters. The number of carbonyl (C=O) groups is 1. The van der Waals surface area contributed by atoms with E-state index in [1.54, 1.807) is 30.3 Å². The van der Waals surface area contributed by atoms with E-state index in [-0.39, 0.29) is 54.4 Å². The number of hydrogen-bond acceptors (Lipinski definition) is 3. The lowest BCUT2D eigenvalue weighted by atomic mass is 10.1. The Labute approximate surface area is 196 Å². The monoisotopic (exact) mass is 550 g/mol. The Morgan fingerprint density at radius 2 is 1.81 bits per heavy atom. The van der Waals surface area contributed by atoms with Crippen LogP contribution in [0.3, 0.4) is 0 Å². The minimum Gasteiger partial charge on any atom is -0.434 e. The predicted octanol–water partition coefficient (Wildman–Crippen LogP) is 3.46. The maximum atomic E-state index is 13.2. The van der Waals surface area contributed by atoms with Crippen LogP contribution < -0.4 is 20.7 Å². The lowest BCUT2D eigenvalue weighted by Crippen LogP contribution is -2.41. The molecule has 0 heterocycles. The second kappa shape index (κ2) is 14.5. The van der Waals surface area contributed by atoms with Gasteiger partial charge in [-0.2, -0.15) is 8.78 Å². The summed E-state index contributed by atoms with van der Waals surface area (Å²) < 4.78 is 42.7. The number of nitrogens with one attached hydrogen (secondary N) is 3. The van der Waals surface area contributed by atoms with Crippen LogP contribution in [-0.2, 0) is 17.8 Å². The van der Waals surface area contributed by atoms with Crippen molar-refractivity contribution in [3.63, 3.8) is 0 Å². The first kappa shape index (κ1) is 26.5. The number of hydrogen-bond donors (Lipinski definition) is 3. The lowest BCUT2D eigenvalue weighted by molar-refractivity contribution is -0.120. The lowest BCUT2D eigenvalue weighted by Gasteiger charge is -2.13. The molecule has 0 radical (unpaired) electrons. The van der Waals surface area contributed by atoms with Crippen LogP contribution in [-0.4, -0.2) is 38.1 Å². The molecule has 2 rings (SSSR count). The third-order valence-electron chi connectivity index (χ3n) is 3.93. The molecule has 2 aromatic rings. The molecule has 0 fully saturated rings. The summed E-state index contributed by atoms with van der Waals surface area (Å²) in [7, 11) is 0. The first-order valence-corrected chi connectivity index (χ1v) is 9.54. The van der Waals surface area contributed by atoms with E-state index in [9.17, 15) is 18.0 Å². The first-order valence-electron chi connectivity index (χ1n) is 9.54. The Kier molecular flexibility index (Phi) is 12.4. The standard InChI is InChI=1S/C21H25F3N4O2.HI/c1-2-25-21(28-14-16-7-3-4-9-18(16)30-20(23)24)27-11-10-26-19(29)13-15-6-5-8-17(22)12-15;/h3-9,12,20H,2,10-11,13-14H2,1H3,(H,26,29)(H2,25,27,28);1H. The van der Waals surface area contributed by atoms with Gasteiger partial charge in [0.1, 0.15) is 11.6 Å². The van der Waals surface area contributed by atoms with Gasteiger partial charge in [0.2, 0.25) is 5.91 Å². The van der Waals surface area contributed by atoms with Crippen molar-refractivity contribution in [1.82, 2.24) is 16.0 Å². The largest absolute Gasteiger partial charge is 0.434 e. The van der Waals surface area contributed by atoms with Crippen molar-refractivity contribution in [2.24, 2.45) is 4.99 Å². The summed E-state index contributed by atoms with van der Waals surface area (Å²) in [5.74, 6) is -0.0446. The highest BCUT2D eigenvalue weighted by molar-refractivity contribution is 14.0. The molecule has 0 aromatic heterocycles. The van der Waals surface area contributed by atoms with E-state index >= 15 is 0 Å². The molecule has 0 saturated carbocycles. The molecular formula is C21H26F3IN4O2. The fraction of sp³-hybridized carbons (Fsp3) is 0.333. The maximum absolute atomic E-state index is 13.2. The Balaban J connectivity index is 0.00000480. The number of halogens is 4. The number of nitrogens with zero attached hydrogens (tertiary/aromatic N) is 1. The second-order valence-electron chi connectivity index (χ2n) is 6.26. The number of rotatable bonds is 10. The van der Waals surface area contributed by atoms with Crippen LogP contribution in [0, 0.1) is 5.82 Å². The zero-order chi connectivity index (χ0) is 21.8. The van der Waals surface area contributed by atoms with Gasteiger partial charge in [-0.3, -0.25) is 4.79 Å². The van der Waals surface area contributed by atoms with Gasteiger partial charge in [0, 0.05) is 25.2 Å². The molecule has 6 nitrogen and oxygen atoms in total. The summed E-state index contributed by atoms with van der Waals surface area (Å²) in [6.45, 7) is 0.472. The van der Waals surface area contributed by atoms with E-state index < -0.39 is 6.61 Å². The summed E-state index contributed by atoms with van der Waals surface area (Å²) in [5.41, 5.74) is 1.12. The number of benzene rings is 2. The van der Waals surface area contributed by atoms with Crippen molar-refractivity contribution in [1.29, 1.82) is 0 Å². The maximum Gasteiger partial charge on any atom is 0.387 e. The molecule has 170 valence electrons. The quantitative estimate of drug-likeness (QED) is 0.184. The van der Waals surface area contributed by atoms with Gasteiger partial charge >= 0.3 is 6.61 Å². The number of alkyl halides is 2. The average Bonchev–Trinajstić information content (AvgIpc) is 2.70. The van der Waals surface area contributed by atoms with E-state index in [0.717, 1.165) is 0 Å². The Bertz CT molecular complexity index is 853. The molecule has 0 aliphatic carbocycles. The fourth-order valence-corrected chi connectivity index (χ4v) is 2.63. The van der Waals surface area contributed by atoms with Crippen molar-refractivity contribution in [2.75, 3.05) is 19.6 Å². The van der Waals surface area contributed by atoms with Gasteiger partial charge in [0.15, 0.2) is 5.96 Å². The molecule has 0 spiro atoms. The van der Waals surface area contributed by atoms with Crippen molar-refractivity contribution < 1.29 is 22.7 Å². The average molecular weight is 550 g/mol. The molecule has 1 amide bonds. The van der Waals surface area contributed by atoms with Crippen LogP contribution in [0.4, 0.5) is 13.2 Å². The van der Waals surface area contributed by atoms with Crippen LogP contribution in [0.2, 0.25) is 0 Å². The van der Waals surface area contributed by atoms with E-state index in [1.165, 1.54) is 18.2 Å². The number of para-hydroxylation sites is 1. The summed E-state index contributed by atoms with van der Waals surface area (Å²) >= 11 is 0. The number of amides is 1. The molecule has 0 aliphatic rings. The summed E-state index contributed by atoms with van der Waals surface area (Å²) in [6.07, 6.45) is 0.0901. The van der Waals surface area contributed by atoms with Crippen molar-refractivity contribution in [3.8, 4) is 5.75 Å². The third kappa shape index (κ3) is 10.4. The van der Waals surface area contributed by atoms with E-state index in [2.05, 4.69) is 25.7 Å². The Morgan fingerprint density at radius 3 is 2.52 bits per heavy atom. The molecule has 0 saturated heterocycles. The van der Waals surface area contributed by atoms with Crippen LogP contribution in [0.15, 0.2) is 53.5 Å². The zero-order valence-electron chi connectivity index (χ0n) is 17.0. The summed E-state index contributed by atoms with van der Waals surface area (Å²) in [5, 5.41) is 8.84. The molecule has 31 heavy (non-hydrogen) atoms. The number of ether oxygens (including phenoxy) is 1. The third-order valence-corrected chi connectivity index (χ3v) is 3.93. The van der Waals surface area contributed by atoms with E-state index in [4.69, 9.17) is 0 Å². The van der Waals surface area contributed by atoms with Crippen molar-refractivity contribution in [3.05, 3.63) is 65.5 Å². The molecule has 0 atom stereocenters. The number of aliphatic imine (C=N–C) groups is 1. The van der Waals surface area contributed by atoms with Gasteiger partial charge in [-0.1, -0.05) is 30.3 Å². The normalized spacial score (nSPS) is 10.9. The van der Waals surface area contributed by atoms with Gasteiger partial charge in [-0.05, 0) is 30.7 Å². The summed E-state index contributed by atoms with van der Waals surface area (Å²) in [6, 6.07) is 12.4. The second-order valence-corrected chi connectivity index (χ2v) is 6.26. The van der Waals surface area contributed by atoms with Gasteiger partial charge in [0.05, 0.1) is 13.0 Å². The molecule has 10 heteroatoms. The number of guanidine groups is 1. The van der Waals surface area contributed by atoms with Gasteiger partial charge < -0.3 is 20.7 Å². The SMILES string of the molecule is CCNC(=NCc1ccccc1OC(F)F)NCCNC(=O)Cc1cccc(F)c1.I. The summed E-state index contributed by atoms with van der Waals surface area (Å²) in [4.78, 5) is 16.3. The van der Waals surface area contributed by atoms with Crippen molar-refractivity contribution in [2.45, 2.75) is 26.5 Å². The molecule has 3 N–H and O–H groups in total. The number of carbonyl (C=O) groups excluding carboxylic acids is 1. The van der Waals surface area contributed by atoms with Crippen LogP contribution in [0.5, 0.6) is 5.75 Å².